The van der Waals surface area contributed by atoms with Crippen LogP contribution in [0.15, 0.2) is 60.7 Å². The summed E-state index contributed by atoms with van der Waals surface area (Å²) < 4.78 is 0. The van der Waals surface area contributed by atoms with Crippen LogP contribution in [0.3, 0.4) is 0 Å². The van der Waals surface area contributed by atoms with Gasteiger partial charge in [0.1, 0.15) is 0 Å². The Morgan fingerprint density at radius 3 is 1.36 bits per heavy atom. The molecule has 2 aromatic rings. The first-order chi connectivity index (χ1) is 12.3. The first kappa shape index (κ1) is 21.9. The van der Waals surface area contributed by atoms with Crippen LogP contribution >= 0.6 is 7.92 Å². The van der Waals surface area contributed by atoms with E-state index >= 15 is 0 Å². The summed E-state index contributed by atoms with van der Waals surface area (Å²) in [6.07, 6.45) is 9.55. The average molecular weight is 357 g/mol. The second-order valence-corrected chi connectivity index (χ2v) is 9.19. The molecule has 1 heteroatoms. The molecule has 0 aliphatic heterocycles. The summed E-state index contributed by atoms with van der Waals surface area (Å²) in [5, 5.41) is 3.09. The van der Waals surface area contributed by atoms with Crippen molar-refractivity contribution in [3.05, 3.63) is 60.7 Å². The van der Waals surface area contributed by atoms with Crippen molar-refractivity contribution >= 4 is 18.5 Å². The summed E-state index contributed by atoms with van der Waals surface area (Å²) in [4.78, 5) is 0. The van der Waals surface area contributed by atoms with Crippen molar-refractivity contribution in [1.82, 2.24) is 0 Å². The molecule has 0 nitrogen and oxygen atoms in total. The van der Waals surface area contributed by atoms with E-state index in [-0.39, 0.29) is 7.92 Å². The molecular formula is C24H37P. The van der Waals surface area contributed by atoms with Gasteiger partial charge in [0.05, 0.1) is 0 Å². The lowest BCUT2D eigenvalue weighted by Gasteiger charge is -2.25. The van der Waals surface area contributed by atoms with Crippen molar-refractivity contribution in [1.29, 1.82) is 0 Å². The molecule has 0 amide bonds. The molecule has 3 rings (SSSR count). The second-order valence-electron chi connectivity index (χ2n) is 6.69. The van der Waals surface area contributed by atoms with E-state index in [0.717, 1.165) is 5.66 Å². The normalized spacial score (nSPS) is 13.6. The SMILES string of the molecule is CCC.CCCC.c1ccc(P(c2ccccc2)C2CCCC2)cc1. The molecule has 0 spiro atoms. The van der Waals surface area contributed by atoms with Crippen molar-refractivity contribution in [2.45, 2.75) is 78.3 Å². The predicted molar refractivity (Wildman–Crippen MR) is 118 cm³/mol. The van der Waals surface area contributed by atoms with Gasteiger partial charge in [0.2, 0.25) is 0 Å². The van der Waals surface area contributed by atoms with Gasteiger partial charge in [-0.25, -0.2) is 0 Å². The summed E-state index contributed by atoms with van der Waals surface area (Å²) in [6.45, 7) is 8.61. The van der Waals surface area contributed by atoms with E-state index in [0.29, 0.717) is 0 Å². The first-order valence-electron chi connectivity index (χ1n) is 10.2. The van der Waals surface area contributed by atoms with Gasteiger partial charge in [-0.2, -0.15) is 0 Å². The van der Waals surface area contributed by atoms with Crippen molar-refractivity contribution in [2.24, 2.45) is 0 Å². The van der Waals surface area contributed by atoms with Gasteiger partial charge in [0, 0.05) is 0 Å². The second kappa shape index (κ2) is 14.1. The summed E-state index contributed by atoms with van der Waals surface area (Å²) >= 11 is 0. The highest BCUT2D eigenvalue weighted by molar-refractivity contribution is 7.73. The summed E-state index contributed by atoms with van der Waals surface area (Å²) in [5.74, 6) is 0. The zero-order chi connectivity index (χ0) is 18.3. The molecule has 0 saturated heterocycles. The third-order valence-electron chi connectivity index (χ3n) is 4.26. The van der Waals surface area contributed by atoms with Crippen LogP contribution in [0, 0.1) is 0 Å². The molecule has 0 heterocycles. The summed E-state index contributed by atoms with van der Waals surface area (Å²) in [5.41, 5.74) is 0.893. The Morgan fingerprint density at radius 1 is 0.680 bits per heavy atom. The molecule has 0 aromatic heterocycles. The molecule has 2 aromatic carbocycles. The molecule has 1 saturated carbocycles. The Hall–Kier alpha value is -1.13. The number of hydrogen-bond donors (Lipinski definition) is 0. The van der Waals surface area contributed by atoms with E-state index in [1.807, 2.05) is 0 Å². The molecule has 0 atom stereocenters. The fourth-order valence-electron chi connectivity index (χ4n) is 2.91. The van der Waals surface area contributed by atoms with Crippen molar-refractivity contribution in [3.63, 3.8) is 0 Å². The Labute approximate surface area is 157 Å². The van der Waals surface area contributed by atoms with Gasteiger partial charge < -0.3 is 0 Å². The highest BCUT2D eigenvalue weighted by Crippen LogP contribution is 2.46. The Bertz CT molecular complexity index is 473. The smallest absolute Gasteiger partial charge is 0.0129 e. The molecule has 0 unspecified atom stereocenters. The fourth-order valence-corrected chi connectivity index (χ4v) is 5.92. The molecule has 1 fully saturated rings. The average Bonchev–Trinajstić information content (AvgIpc) is 3.19. The van der Waals surface area contributed by atoms with Crippen LogP contribution in [-0.2, 0) is 0 Å². The maximum absolute atomic E-state index is 2.32. The van der Waals surface area contributed by atoms with Gasteiger partial charge in [-0.3, -0.25) is 0 Å². The molecular weight excluding hydrogens is 319 g/mol. The zero-order valence-corrected chi connectivity index (χ0v) is 17.6. The van der Waals surface area contributed by atoms with Crippen molar-refractivity contribution in [2.75, 3.05) is 0 Å². The zero-order valence-electron chi connectivity index (χ0n) is 16.7. The number of benzene rings is 2. The predicted octanol–water partition coefficient (Wildman–Crippen LogP) is 7.28. The largest absolute Gasteiger partial charge is 0.0656 e. The topological polar surface area (TPSA) is 0 Å². The van der Waals surface area contributed by atoms with E-state index in [4.69, 9.17) is 0 Å². The quantitative estimate of drug-likeness (QED) is 0.505. The third-order valence-corrected chi connectivity index (χ3v) is 7.21. The molecule has 0 N–H and O–H groups in total. The number of hydrogen-bond acceptors (Lipinski definition) is 0. The van der Waals surface area contributed by atoms with Crippen LogP contribution in [0.4, 0.5) is 0 Å². The Balaban J connectivity index is 0.000000386. The molecule has 1 aliphatic rings. The standard InChI is InChI=1S/C17H19P.C4H10.C3H8/c1-3-9-15(10-4-1)18(17-13-7-8-14-17)16-11-5-2-6-12-16;1-3-4-2;1-3-2/h1-6,9-12,17H,7-8,13-14H2;3-4H2,1-2H3;3H2,1-2H3. The summed E-state index contributed by atoms with van der Waals surface area (Å²) in [7, 11) is -0.152. The Morgan fingerprint density at radius 2 is 1.04 bits per heavy atom. The van der Waals surface area contributed by atoms with E-state index in [1.54, 1.807) is 10.6 Å². The third kappa shape index (κ3) is 8.19. The lowest BCUT2D eigenvalue weighted by atomic mass is 10.3. The maximum Gasteiger partial charge on any atom is -0.0129 e. The van der Waals surface area contributed by atoms with Crippen LogP contribution in [0.5, 0.6) is 0 Å². The van der Waals surface area contributed by atoms with E-state index in [9.17, 15) is 0 Å². The Kier molecular flexibility index (Phi) is 12.3. The highest BCUT2D eigenvalue weighted by Gasteiger charge is 2.26. The first-order valence-corrected chi connectivity index (χ1v) is 11.6. The van der Waals surface area contributed by atoms with Gasteiger partial charge in [-0.1, -0.05) is 120 Å². The molecule has 0 radical (unpaired) electrons. The van der Waals surface area contributed by atoms with Crippen LogP contribution in [0.25, 0.3) is 0 Å². The van der Waals surface area contributed by atoms with Crippen LogP contribution in [0.1, 0.15) is 72.6 Å². The van der Waals surface area contributed by atoms with Gasteiger partial charge in [0.25, 0.3) is 0 Å². The van der Waals surface area contributed by atoms with E-state index in [1.165, 1.54) is 44.9 Å². The molecule has 25 heavy (non-hydrogen) atoms. The summed E-state index contributed by atoms with van der Waals surface area (Å²) in [6, 6.07) is 22.2. The van der Waals surface area contributed by atoms with Gasteiger partial charge in [0.15, 0.2) is 0 Å². The fraction of sp³-hybridized carbons (Fsp3) is 0.500. The van der Waals surface area contributed by atoms with Crippen molar-refractivity contribution < 1.29 is 0 Å². The van der Waals surface area contributed by atoms with Gasteiger partial charge in [-0.05, 0) is 37.0 Å². The minimum atomic E-state index is -0.152. The molecule has 138 valence electrons. The van der Waals surface area contributed by atoms with Gasteiger partial charge >= 0.3 is 0 Å². The minimum absolute atomic E-state index is 0.152. The van der Waals surface area contributed by atoms with Crippen LogP contribution in [0.2, 0.25) is 0 Å². The molecule has 1 aliphatic carbocycles. The van der Waals surface area contributed by atoms with Gasteiger partial charge in [-0.15, -0.1) is 0 Å². The number of unbranched alkanes of at least 4 members (excludes halogenated alkanes) is 1. The lowest BCUT2D eigenvalue weighted by Crippen LogP contribution is -2.19. The van der Waals surface area contributed by atoms with E-state index < -0.39 is 0 Å². The monoisotopic (exact) mass is 356 g/mol. The minimum Gasteiger partial charge on any atom is -0.0656 e. The lowest BCUT2D eigenvalue weighted by molar-refractivity contribution is 0.886. The van der Waals surface area contributed by atoms with Crippen LogP contribution in [-0.4, -0.2) is 5.66 Å². The van der Waals surface area contributed by atoms with Crippen molar-refractivity contribution in [3.8, 4) is 0 Å². The number of rotatable bonds is 4. The molecule has 0 bridgehead atoms. The van der Waals surface area contributed by atoms with E-state index in [2.05, 4.69) is 88.4 Å². The maximum atomic E-state index is 2.32. The highest BCUT2D eigenvalue weighted by atomic mass is 31.1. The van der Waals surface area contributed by atoms with Crippen LogP contribution < -0.4 is 10.6 Å².